The molecule has 0 aliphatic rings. The van der Waals surface area contributed by atoms with Gasteiger partial charge < -0.3 is 15.5 Å². The maximum absolute atomic E-state index is 4.58. The third-order valence-electron chi connectivity index (χ3n) is 4.05. The highest BCUT2D eigenvalue weighted by Crippen LogP contribution is 2.19. The molecular formula is C21H25N5. The number of nitrogens with zero attached hydrogens (tertiary/aromatic N) is 3. The van der Waals surface area contributed by atoms with Crippen molar-refractivity contribution in [2.75, 3.05) is 29.6 Å². The molecule has 0 fully saturated rings. The highest BCUT2D eigenvalue weighted by molar-refractivity contribution is 5.59. The number of aryl methyl sites for hydroxylation is 2. The standard InChI is InChI=1S/C21H25N5/c1-15-6-5-7-17(12-15)14-22-20-13-16(2)23-21(25-20)24-18-8-10-19(11-9-18)26(3)4/h5-13H,14H2,1-4H3,(H2,22,23,24,25). The minimum atomic E-state index is 0.592. The molecule has 1 aromatic heterocycles. The van der Waals surface area contributed by atoms with Crippen LogP contribution < -0.4 is 15.5 Å². The van der Waals surface area contributed by atoms with E-state index in [2.05, 4.69) is 68.8 Å². The number of aromatic nitrogens is 2. The van der Waals surface area contributed by atoms with E-state index in [0.29, 0.717) is 5.95 Å². The first-order chi connectivity index (χ1) is 12.5. The normalized spacial score (nSPS) is 10.5. The predicted molar refractivity (Wildman–Crippen MR) is 109 cm³/mol. The Labute approximate surface area is 155 Å². The summed E-state index contributed by atoms with van der Waals surface area (Å²) in [7, 11) is 4.05. The zero-order chi connectivity index (χ0) is 18.5. The second-order valence-electron chi connectivity index (χ2n) is 6.63. The van der Waals surface area contributed by atoms with E-state index in [1.54, 1.807) is 0 Å². The van der Waals surface area contributed by atoms with Crippen molar-refractivity contribution in [1.29, 1.82) is 0 Å². The highest BCUT2D eigenvalue weighted by atomic mass is 15.1. The molecule has 0 atom stereocenters. The minimum Gasteiger partial charge on any atom is -0.378 e. The molecule has 0 saturated heterocycles. The lowest BCUT2D eigenvalue weighted by atomic mass is 10.1. The van der Waals surface area contributed by atoms with Crippen LogP contribution in [0.3, 0.4) is 0 Å². The van der Waals surface area contributed by atoms with Gasteiger partial charge in [-0.15, -0.1) is 0 Å². The molecule has 134 valence electrons. The molecule has 3 aromatic rings. The van der Waals surface area contributed by atoms with Gasteiger partial charge >= 0.3 is 0 Å². The number of benzene rings is 2. The largest absolute Gasteiger partial charge is 0.378 e. The van der Waals surface area contributed by atoms with Crippen LogP contribution in [0.15, 0.2) is 54.6 Å². The van der Waals surface area contributed by atoms with Gasteiger partial charge in [0.25, 0.3) is 0 Å². The summed E-state index contributed by atoms with van der Waals surface area (Å²) in [5, 5.41) is 6.66. The van der Waals surface area contributed by atoms with Crippen LogP contribution in [-0.2, 0) is 6.54 Å². The molecular weight excluding hydrogens is 322 g/mol. The van der Waals surface area contributed by atoms with Crippen LogP contribution in [0.4, 0.5) is 23.1 Å². The molecule has 2 N–H and O–H groups in total. The molecule has 0 saturated carbocycles. The predicted octanol–water partition coefficient (Wildman–Crippen LogP) is 4.52. The molecule has 1 heterocycles. The third-order valence-corrected chi connectivity index (χ3v) is 4.05. The van der Waals surface area contributed by atoms with Crippen LogP contribution in [-0.4, -0.2) is 24.1 Å². The number of nitrogens with one attached hydrogen (secondary N) is 2. The van der Waals surface area contributed by atoms with Crippen molar-refractivity contribution in [1.82, 2.24) is 9.97 Å². The zero-order valence-corrected chi connectivity index (χ0v) is 15.7. The first-order valence-electron chi connectivity index (χ1n) is 8.69. The van der Waals surface area contributed by atoms with Crippen LogP contribution in [0.5, 0.6) is 0 Å². The Morgan fingerprint density at radius 2 is 1.69 bits per heavy atom. The molecule has 0 unspecified atom stereocenters. The van der Waals surface area contributed by atoms with E-state index in [9.17, 15) is 0 Å². The van der Waals surface area contributed by atoms with Gasteiger partial charge in [0.05, 0.1) is 0 Å². The molecule has 2 aromatic carbocycles. The van der Waals surface area contributed by atoms with Crippen molar-refractivity contribution < 1.29 is 0 Å². The molecule has 5 nitrogen and oxygen atoms in total. The number of rotatable bonds is 6. The molecule has 5 heteroatoms. The summed E-state index contributed by atoms with van der Waals surface area (Å²) in [5.41, 5.74) is 5.52. The summed E-state index contributed by atoms with van der Waals surface area (Å²) >= 11 is 0. The smallest absolute Gasteiger partial charge is 0.229 e. The molecule has 26 heavy (non-hydrogen) atoms. The Balaban J connectivity index is 1.70. The first-order valence-corrected chi connectivity index (χ1v) is 8.69. The number of anilines is 4. The Morgan fingerprint density at radius 3 is 2.38 bits per heavy atom. The Morgan fingerprint density at radius 1 is 0.923 bits per heavy atom. The second kappa shape index (κ2) is 7.87. The molecule has 0 bridgehead atoms. The quantitative estimate of drug-likeness (QED) is 0.687. The Kier molecular flexibility index (Phi) is 5.37. The highest BCUT2D eigenvalue weighted by Gasteiger charge is 2.04. The van der Waals surface area contributed by atoms with Crippen molar-refractivity contribution in [3.05, 3.63) is 71.4 Å². The van der Waals surface area contributed by atoms with Gasteiger partial charge in [-0.1, -0.05) is 29.8 Å². The maximum atomic E-state index is 4.58. The molecule has 3 rings (SSSR count). The van der Waals surface area contributed by atoms with Gasteiger partial charge in [0.2, 0.25) is 5.95 Å². The number of hydrogen-bond acceptors (Lipinski definition) is 5. The van der Waals surface area contributed by atoms with Crippen molar-refractivity contribution in [3.8, 4) is 0 Å². The average Bonchev–Trinajstić information content (AvgIpc) is 2.60. The van der Waals surface area contributed by atoms with E-state index in [-0.39, 0.29) is 0 Å². The van der Waals surface area contributed by atoms with Crippen LogP contribution in [0.2, 0.25) is 0 Å². The van der Waals surface area contributed by atoms with Crippen LogP contribution >= 0.6 is 0 Å². The lowest BCUT2D eigenvalue weighted by molar-refractivity contribution is 1.06. The number of hydrogen-bond donors (Lipinski definition) is 2. The third kappa shape index (κ3) is 4.72. The zero-order valence-electron chi connectivity index (χ0n) is 15.7. The van der Waals surface area contributed by atoms with E-state index in [4.69, 9.17) is 0 Å². The van der Waals surface area contributed by atoms with Gasteiger partial charge in [-0.3, -0.25) is 0 Å². The fourth-order valence-electron chi connectivity index (χ4n) is 2.70. The van der Waals surface area contributed by atoms with Gasteiger partial charge in [-0.25, -0.2) is 4.98 Å². The SMILES string of the molecule is Cc1cccc(CNc2cc(C)nc(Nc3ccc(N(C)C)cc3)n2)c1. The molecule has 0 amide bonds. The monoisotopic (exact) mass is 347 g/mol. The van der Waals surface area contributed by atoms with Crippen molar-refractivity contribution in [2.45, 2.75) is 20.4 Å². The van der Waals surface area contributed by atoms with Crippen molar-refractivity contribution in [2.24, 2.45) is 0 Å². The van der Waals surface area contributed by atoms with Crippen LogP contribution in [0, 0.1) is 13.8 Å². The first kappa shape index (κ1) is 17.7. The van der Waals surface area contributed by atoms with Crippen LogP contribution in [0.25, 0.3) is 0 Å². The molecule has 0 spiro atoms. The van der Waals surface area contributed by atoms with Gasteiger partial charge in [0.1, 0.15) is 5.82 Å². The fourth-order valence-corrected chi connectivity index (χ4v) is 2.70. The summed E-state index contributed by atoms with van der Waals surface area (Å²) in [4.78, 5) is 11.1. The van der Waals surface area contributed by atoms with E-state index in [1.807, 2.05) is 39.2 Å². The van der Waals surface area contributed by atoms with Crippen molar-refractivity contribution >= 4 is 23.1 Å². The van der Waals surface area contributed by atoms with Crippen molar-refractivity contribution in [3.63, 3.8) is 0 Å². The summed E-state index contributed by atoms with van der Waals surface area (Å²) in [5.74, 6) is 1.40. The lowest BCUT2D eigenvalue weighted by Gasteiger charge is -2.13. The van der Waals surface area contributed by atoms with E-state index >= 15 is 0 Å². The van der Waals surface area contributed by atoms with Crippen LogP contribution in [0.1, 0.15) is 16.8 Å². The summed E-state index contributed by atoms with van der Waals surface area (Å²) in [6, 6.07) is 18.6. The van der Waals surface area contributed by atoms with Gasteiger partial charge in [-0.2, -0.15) is 4.98 Å². The molecule has 0 aliphatic carbocycles. The Bertz CT molecular complexity index is 872. The van der Waals surface area contributed by atoms with Gasteiger partial charge in [0, 0.05) is 43.8 Å². The minimum absolute atomic E-state index is 0.592. The average molecular weight is 347 g/mol. The van der Waals surface area contributed by atoms with Gasteiger partial charge in [0.15, 0.2) is 0 Å². The molecule has 0 radical (unpaired) electrons. The lowest BCUT2D eigenvalue weighted by Crippen LogP contribution is -2.08. The topological polar surface area (TPSA) is 53.1 Å². The van der Waals surface area contributed by atoms with E-state index in [0.717, 1.165) is 29.4 Å². The van der Waals surface area contributed by atoms with E-state index < -0.39 is 0 Å². The maximum Gasteiger partial charge on any atom is 0.229 e. The van der Waals surface area contributed by atoms with Gasteiger partial charge in [-0.05, 0) is 43.7 Å². The molecule has 0 aliphatic heterocycles. The second-order valence-corrected chi connectivity index (χ2v) is 6.63. The van der Waals surface area contributed by atoms with E-state index in [1.165, 1.54) is 11.1 Å². The summed E-state index contributed by atoms with van der Waals surface area (Å²) in [6.07, 6.45) is 0. The summed E-state index contributed by atoms with van der Waals surface area (Å²) < 4.78 is 0. The summed E-state index contributed by atoms with van der Waals surface area (Å²) in [6.45, 7) is 4.80. The Hall–Kier alpha value is -3.08. The fraction of sp³-hybridized carbons (Fsp3) is 0.238.